The van der Waals surface area contributed by atoms with Crippen LogP contribution in [0.2, 0.25) is 0 Å². The summed E-state index contributed by atoms with van der Waals surface area (Å²) in [4.78, 5) is 21.8. The van der Waals surface area contributed by atoms with Crippen LogP contribution in [0.15, 0.2) is 71.3 Å². The molecule has 0 bridgehead atoms. The summed E-state index contributed by atoms with van der Waals surface area (Å²) in [5.41, 5.74) is 1.41. The number of hydrogen-bond acceptors (Lipinski definition) is 6. The number of furan rings is 1. The second-order valence-electron chi connectivity index (χ2n) is 10.7. The van der Waals surface area contributed by atoms with Gasteiger partial charge < -0.3 is 19.2 Å². The molecule has 0 saturated carbocycles. The average Bonchev–Trinajstić information content (AvgIpc) is 3.38. The van der Waals surface area contributed by atoms with E-state index < -0.39 is 23.9 Å². The number of carbonyl (C=O) groups excluding carboxylic acids is 1. The molecule has 2 aromatic heterocycles. The maximum Gasteiger partial charge on any atom is 0.416 e. The van der Waals surface area contributed by atoms with Gasteiger partial charge in [0, 0.05) is 42.7 Å². The van der Waals surface area contributed by atoms with Crippen molar-refractivity contribution in [1.82, 2.24) is 14.8 Å². The summed E-state index contributed by atoms with van der Waals surface area (Å²) in [6, 6.07) is 16.0. The molecule has 4 aromatic rings. The van der Waals surface area contributed by atoms with E-state index in [1.807, 2.05) is 49.2 Å². The highest BCUT2D eigenvalue weighted by Crippen LogP contribution is 2.33. The van der Waals surface area contributed by atoms with Gasteiger partial charge in [0.2, 0.25) is 5.88 Å². The highest BCUT2D eigenvalue weighted by atomic mass is 19.4. The zero-order chi connectivity index (χ0) is 29.3. The van der Waals surface area contributed by atoms with Crippen LogP contribution in [-0.2, 0) is 12.7 Å². The Morgan fingerprint density at radius 2 is 1.93 bits per heavy atom. The highest BCUT2D eigenvalue weighted by Gasteiger charge is 2.35. The summed E-state index contributed by atoms with van der Waals surface area (Å²) >= 11 is 0. The summed E-state index contributed by atoms with van der Waals surface area (Å²) in [7, 11) is 1.81. The van der Waals surface area contributed by atoms with E-state index in [0.29, 0.717) is 35.6 Å². The van der Waals surface area contributed by atoms with Crippen LogP contribution >= 0.6 is 0 Å². The molecule has 216 valence electrons. The summed E-state index contributed by atoms with van der Waals surface area (Å²) in [5, 5.41) is 10.8. The first-order chi connectivity index (χ1) is 19.5. The minimum absolute atomic E-state index is 0.161. The Labute approximate surface area is 236 Å². The Hall–Kier alpha value is -3.89. The van der Waals surface area contributed by atoms with Crippen LogP contribution in [0.5, 0.6) is 5.88 Å². The number of halogens is 3. The Morgan fingerprint density at radius 1 is 1.15 bits per heavy atom. The van der Waals surface area contributed by atoms with Crippen molar-refractivity contribution < 1.29 is 32.2 Å². The fourth-order valence-electron chi connectivity index (χ4n) is 5.11. The van der Waals surface area contributed by atoms with Crippen molar-refractivity contribution in [1.29, 1.82) is 0 Å². The van der Waals surface area contributed by atoms with Gasteiger partial charge in [0.25, 0.3) is 5.91 Å². The van der Waals surface area contributed by atoms with Gasteiger partial charge in [-0.15, -0.1) is 0 Å². The second-order valence-corrected chi connectivity index (χ2v) is 10.7. The molecule has 10 heteroatoms. The molecule has 0 radical (unpaired) electrons. The lowest BCUT2D eigenvalue weighted by Crippen LogP contribution is -2.49. The molecular formula is C31H32F3N3O4. The first-order valence-corrected chi connectivity index (χ1v) is 13.5. The number of carbonyl (C=O) groups is 1. The Morgan fingerprint density at radius 3 is 2.66 bits per heavy atom. The molecule has 1 aliphatic heterocycles. The van der Waals surface area contributed by atoms with Crippen LogP contribution in [-0.4, -0.2) is 64.7 Å². The number of nitrogens with zero attached hydrogens (tertiary/aromatic N) is 3. The van der Waals surface area contributed by atoms with E-state index in [2.05, 4.69) is 4.98 Å². The molecule has 1 N–H and O–H groups in total. The largest absolute Gasteiger partial charge is 0.472 e. The van der Waals surface area contributed by atoms with Gasteiger partial charge in [0.15, 0.2) is 0 Å². The first kappa shape index (κ1) is 28.6. The first-order valence-electron chi connectivity index (χ1n) is 13.5. The molecule has 0 unspecified atom stereocenters. The monoisotopic (exact) mass is 567 g/mol. The van der Waals surface area contributed by atoms with Crippen LogP contribution in [0.25, 0.3) is 22.3 Å². The van der Waals surface area contributed by atoms with Crippen LogP contribution in [0.1, 0.15) is 35.3 Å². The molecule has 0 fully saturated rings. The SMILES string of the molecule is C[C@H](CO)N1C[C@H](C)[C@H](CN(C)Cc2cccc(C(F)(F)F)c2)Oc2ncc(-c3cc4ccccc4o3)cc2C1=O. The number of ether oxygens (including phenoxy) is 1. The molecule has 3 atom stereocenters. The number of aliphatic hydroxyl groups excluding tert-OH is 1. The minimum Gasteiger partial charge on any atom is -0.472 e. The number of likely N-dealkylation sites (N-methyl/N-ethyl adjacent to an activating group) is 1. The fraction of sp³-hybridized carbons (Fsp3) is 0.355. The third-order valence-corrected chi connectivity index (χ3v) is 7.43. The van der Waals surface area contributed by atoms with E-state index in [9.17, 15) is 23.1 Å². The van der Waals surface area contributed by atoms with Crippen LogP contribution in [0.3, 0.4) is 0 Å². The molecule has 3 heterocycles. The number of aliphatic hydroxyl groups is 1. The number of fused-ring (bicyclic) bond motifs is 2. The Bertz CT molecular complexity index is 1500. The van der Waals surface area contributed by atoms with E-state index in [4.69, 9.17) is 9.15 Å². The predicted octanol–water partition coefficient (Wildman–Crippen LogP) is 5.87. The number of para-hydroxylation sites is 1. The van der Waals surface area contributed by atoms with Crippen molar-refractivity contribution in [3.8, 4) is 17.2 Å². The smallest absolute Gasteiger partial charge is 0.416 e. The van der Waals surface area contributed by atoms with Crippen molar-refractivity contribution in [3.63, 3.8) is 0 Å². The molecular weight excluding hydrogens is 535 g/mol. The summed E-state index contributed by atoms with van der Waals surface area (Å²) in [5.74, 6) is 0.245. The van der Waals surface area contributed by atoms with Gasteiger partial charge in [0.05, 0.1) is 18.2 Å². The van der Waals surface area contributed by atoms with Gasteiger partial charge in [0.1, 0.15) is 23.0 Å². The van der Waals surface area contributed by atoms with Crippen molar-refractivity contribution in [2.75, 3.05) is 26.7 Å². The van der Waals surface area contributed by atoms with Crippen LogP contribution in [0, 0.1) is 5.92 Å². The van der Waals surface area contributed by atoms with Gasteiger partial charge in [-0.25, -0.2) is 4.98 Å². The third kappa shape index (κ3) is 6.23. The minimum atomic E-state index is -4.41. The molecule has 5 rings (SSSR count). The van der Waals surface area contributed by atoms with E-state index >= 15 is 0 Å². The summed E-state index contributed by atoms with van der Waals surface area (Å²) in [6.07, 6.45) is -3.25. The standard InChI is InChI=1S/C31H32F3N3O4/c1-19-15-37(20(2)18-38)30(39)25-12-23(27-13-22-8-4-5-10-26(22)40-27)14-35-29(25)41-28(19)17-36(3)16-21-7-6-9-24(11-21)31(32,33)34/h4-14,19-20,28,38H,15-18H2,1-3H3/t19-,20+,28-/m0/s1. The number of benzene rings is 2. The topological polar surface area (TPSA) is 79.0 Å². The second kappa shape index (κ2) is 11.5. The van der Waals surface area contributed by atoms with Crippen LogP contribution in [0.4, 0.5) is 13.2 Å². The van der Waals surface area contributed by atoms with E-state index in [1.54, 1.807) is 30.2 Å². The van der Waals surface area contributed by atoms with E-state index in [1.165, 1.54) is 6.07 Å². The number of aromatic nitrogens is 1. The van der Waals surface area contributed by atoms with Crippen molar-refractivity contribution in [2.24, 2.45) is 5.92 Å². The van der Waals surface area contributed by atoms with Gasteiger partial charge in [-0.3, -0.25) is 9.69 Å². The number of pyridine rings is 1. The van der Waals surface area contributed by atoms with Gasteiger partial charge in [-0.2, -0.15) is 13.2 Å². The lowest BCUT2D eigenvalue weighted by atomic mass is 9.99. The molecule has 2 aromatic carbocycles. The third-order valence-electron chi connectivity index (χ3n) is 7.43. The fourth-order valence-corrected chi connectivity index (χ4v) is 5.11. The van der Waals surface area contributed by atoms with E-state index in [0.717, 1.165) is 17.5 Å². The lowest BCUT2D eigenvalue weighted by Gasteiger charge is -2.37. The Balaban J connectivity index is 1.44. The highest BCUT2D eigenvalue weighted by molar-refractivity contribution is 5.98. The molecule has 0 spiro atoms. The normalized spacial score (nSPS) is 18.6. The zero-order valence-electron chi connectivity index (χ0n) is 23.1. The maximum atomic E-state index is 13.7. The van der Waals surface area contributed by atoms with Crippen LogP contribution < -0.4 is 4.74 Å². The molecule has 41 heavy (non-hydrogen) atoms. The molecule has 1 amide bonds. The number of alkyl halides is 3. The van der Waals surface area contributed by atoms with Gasteiger partial charge in [-0.05, 0) is 43.8 Å². The van der Waals surface area contributed by atoms with Crippen molar-refractivity contribution in [2.45, 2.75) is 38.7 Å². The average molecular weight is 568 g/mol. The molecule has 7 nitrogen and oxygen atoms in total. The lowest BCUT2D eigenvalue weighted by molar-refractivity contribution is -0.137. The zero-order valence-corrected chi connectivity index (χ0v) is 23.1. The number of amides is 1. The van der Waals surface area contributed by atoms with Crippen molar-refractivity contribution in [3.05, 3.63) is 83.6 Å². The number of rotatable bonds is 7. The van der Waals surface area contributed by atoms with Crippen molar-refractivity contribution >= 4 is 16.9 Å². The maximum absolute atomic E-state index is 13.7. The van der Waals surface area contributed by atoms with E-state index in [-0.39, 0.29) is 36.4 Å². The molecule has 1 aliphatic rings. The predicted molar refractivity (Wildman–Crippen MR) is 148 cm³/mol. The summed E-state index contributed by atoms with van der Waals surface area (Å²) in [6.45, 7) is 4.47. The number of hydrogen-bond donors (Lipinski definition) is 1. The summed E-state index contributed by atoms with van der Waals surface area (Å²) < 4.78 is 52.0. The van der Waals surface area contributed by atoms with Gasteiger partial charge >= 0.3 is 6.18 Å². The molecule has 0 saturated heterocycles. The Kier molecular flexibility index (Phi) is 8.06. The molecule has 0 aliphatic carbocycles. The van der Waals surface area contributed by atoms with Gasteiger partial charge in [-0.1, -0.05) is 43.3 Å². The quantitative estimate of drug-likeness (QED) is 0.301.